The van der Waals surface area contributed by atoms with Crippen LogP contribution in [0.5, 0.6) is 5.75 Å². The van der Waals surface area contributed by atoms with Gasteiger partial charge in [0.1, 0.15) is 5.75 Å². The second-order valence-corrected chi connectivity index (χ2v) is 6.52. The third-order valence-electron chi connectivity index (χ3n) is 3.11. The van der Waals surface area contributed by atoms with Crippen molar-refractivity contribution in [1.29, 1.82) is 0 Å². The van der Waals surface area contributed by atoms with E-state index in [1.54, 1.807) is 29.8 Å². The van der Waals surface area contributed by atoms with Crippen molar-refractivity contribution in [3.63, 3.8) is 0 Å². The second kappa shape index (κ2) is 5.33. The first kappa shape index (κ1) is 12.7. The molecule has 4 heteroatoms. The molecule has 1 atom stereocenters. The summed E-state index contributed by atoms with van der Waals surface area (Å²) >= 11 is 3.57. The maximum atomic E-state index is 6.32. The van der Waals surface area contributed by atoms with E-state index in [0.29, 0.717) is 0 Å². The average Bonchev–Trinajstić information content (AvgIpc) is 2.99. The number of benzene rings is 1. The minimum Gasteiger partial charge on any atom is -0.497 e. The van der Waals surface area contributed by atoms with Gasteiger partial charge in [-0.3, -0.25) is 0 Å². The van der Waals surface area contributed by atoms with E-state index in [4.69, 9.17) is 10.5 Å². The van der Waals surface area contributed by atoms with Gasteiger partial charge in [0.05, 0.1) is 7.11 Å². The number of rotatable bonds is 4. The molecule has 2 heterocycles. The quantitative estimate of drug-likeness (QED) is 0.780. The summed E-state index contributed by atoms with van der Waals surface area (Å²) in [5.74, 6) is 0.886. The molecule has 3 aromatic rings. The number of hydrogen-bond donors (Lipinski definition) is 1. The summed E-state index contributed by atoms with van der Waals surface area (Å²) in [5, 5.41) is 2.12. The molecule has 1 aromatic carbocycles. The smallest absolute Gasteiger partial charge is 0.119 e. The summed E-state index contributed by atoms with van der Waals surface area (Å²) < 4.78 is 7.91. The third kappa shape index (κ3) is 2.66. The molecule has 0 aliphatic heterocycles. The van der Waals surface area contributed by atoms with Gasteiger partial charge in [-0.05, 0) is 41.6 Å². The molecule has 0 bridgehead atoms. The largest absolute Gasteiger partial charge is 0.497 e. The van der Waals surface area contributed by atoms with Crippen LogP contribution in [0.25, 0.3) is 9.40 Å². The highest BCUT2D eigenvalue weighted by molar-refractivity contribution is 7.26. The molecule has 0 aliphatic carbocycles. The van der Waals surface area contributed by atoms with E-state index in [2.05, 4.69) is 29.6 Å². The Morgan fingerprint density at radius 2 is 2.11 bits per heavy atom. The maximum absolute atomic E-state index is 6.32. The number of thiophene rings is 2. The van der Waals surface area contributed by atoms with Crippen molar-refractivity contribution >= 4 is 32.1 Å². The van der Waals surface area contributed by atoms with E-state index in [-0.39, 0.29) is 6.04 Å². The normalized spacial score (nSPS) is 12.7. The van der Waals surface area contributed by atoms with Crippen molar-refractivity contribution in [3.8, 4) is 5.75 Å². The highest BCUT2D eigenvalue weighted by Gasteiger charge is 2.12. The predicted octanol–water partition coefficient (Wildman–Crippen LogP) is 4.21. The summed E-state index contributed by atoms with van der Waals surface area (Å²) in [5.41, 5.74) is 7.53. The summed E-state index contributed by atoms with van der Waals surface area (Å²) in [6.45, 7) is 0. The Labute approximate surface area is 120 Å². The van der Waals surface area contributed by atoms with Crippen LogP contribution in [0.15, 0.2) is 41.8 Å². The Morgan fingerprint density at radius 3 is 2.89 bits per heavy atom. The lowest BCUT2D eigenvalue weighted by molar-refractivity contribution is 0.414. The zero-order chi connectivity index (χ0) is 13.2. The number of hydrogen-bond acceptors (Lipinski definition) is 4. The Hall–Kier alpha value is -1.36. The summed E-state index contributed by atoms with van der Waals surface area (Å²) in [7, 11) is 1.69. The fraction of sp³-hybridized carbons (Fsp3) is 0.200. The van der Waals surface area contributed by atoms with Gasteiger partial charge < -0.3 is 10.5 Å². The highest BCUT2D eigenvalue weighted by Crippen LogP contribution is 2.33. The zero-order valence-electron chi connectivity index (χ0n) is 10.6. The minimum atomic E-state index is 0.0525. The average molecular weight is 289 g/mol. The lowest BCUT2D eigenvalue weighted by atomic mass is 10.1. The Bertz CT molecular complexity index is 658. The molecule has 0 aliphatic rings. The third-order valence-corrected chi connectivity index (χ3v) is 5.34. The first-order valence-corrected chi connectivity index (χ1v) is 7.81. The summed E-state index contributed by atoms with van der Waals surface area (Å²) in [4.78, 5) is 1.25. The van der Waals surface area contributed by atoms with Crippen LogP contribution in [0.4, 0.5) is 0 Å². The van der Waals surface area contributed by atoms with Crippen LogP contribution in [-0.4, -0.2) is 7.11 Å². The van der Waals surface area contributed by atoms with Crippen molar-refractivity contribution in [2.24, 2.45) is 5.73 Å². The van der Waals surface area contributed by atoms with Gasteiger partial charge in [0.2, 0.25) is 0 Å². The van der Waals surface area contributed by atoms with Gasteiger partial charge >= 0.3 is 0 Å². The molecule has 0 amide bonds. The zero-order valence-corrected chi connectivity index (χ0v) is 12.3. The summed E-state index contributed by atoms with van der Waals surface area (Å²) in [6.07, 6.45) is 0.838. The van der Waals surface area contributed by atoms with Crippen molar-refractivity contribution in [2.45, 2.75) is 12.5 Å². The molecule has 0 saturated heterocycles. The fourth-order valence-electron chi connectivity index (χ4n) is 2.12. The monoisotopic (exact) mass is 289 g/mol. The standard InChI is InChI=1S/C15H15NOS2/c1-17-11-4-2-3-10(7-11)8-12(16)14-9-15-13(19-14)5-6-18-15/h2-7,9,12H,8,16H2,1H3. The van der Waals surface area contributed by atoms with E-state index >= 15 is 0 Å². The molecule has 19 heavy (non-hydrogen) atoms. The van der Waals surface area contributed by atoms with Gasteiger partial charge in [-0.15, -0.1) is 22.7 Å². The van der Waals surface area contributed by atoms with Crippen LogP contribution in [0.2, 0.25) is 0 Å². The van der Waals surface area contributed by atoms with Gasteiger partial charge in [0, 0.05) is 20.3 Å². The van der Waals surface area contributed by atoms with E-state index in [0.717, 1.165) is 12.2 Å². The van der Waals surface area contributed by atoms with E-state index in [1.807, 2.05) is 12.1 Å². The molecular weight excluding hydrogens is 274 g/mol. The topological polar surface area (TPSA) is 35.2 Å². The number of ether oxygens (including phenoxy) is 1. The minimum absolute atomic E-state index is 0.0525. The van der Waals surface area contributed by atoms with Crippen LogP contribution < -0.4 is 10.5 Å². The molecule has 0 saturated carbocycles. The van der Waals surface area contributed by atoms with E-state index in [9.17, 15) is 0 Å². The second-order valence-electron chi connectivity index (χ2n) is 4.46. The number of nitrogens with two attached hydrogens (primary N) is 1. The Morgan fingerprint density at radius 1 is 1.21 bits per heavy atom. The molecule has 2 aromatic heterocycles. The molecule has 2 nitrogen and oxygen atoms in total. The van der Waals surface area contributed by atoms with Crippen LogP contribution in [0.1, 0.15) is 16.5 Å². The molecule has 1 unspecified atom stereocenters. The van der Waals surface area contributed by atoms with Crippen molar-refractivity contribution < 1.29 is 4.74 Å². The van der Waals surface area contributed by atoms with Crippen molar-refractivity contribution in [3.05, 3.63) is 52.2 Å². The van der Waals surface area contributed by atoms with Gasteiger partial charge in [-0.25, -0.2) is 0 Å². The van der Waals surface area contributed by atoms with E-state index < -0.39 is 0 Å². The molecule has 2 N–H and O–H groups in total. The molecule has 0 radical (unpaired) electrons. The Balaban J connectivity index is 1.80. The van der Waals surface area contributed by atoms with Gasteiger partial charge in [-0.1, -0.05) is 12.1 Å². The molecule has 98 valence electrons. The van der Waals surface area contributed by atoms with Crippen LogP contribution >= 0.6 is 22.7 Å². The first-order valence-electron chi connectivity index (χ1n) is 6.11. The van der Waals surface area contributed by atoms with Crippen molar-refractivity contribution in [1.82, 2.24) is 0 Å². The molecule has 0 spiro atoms. The fourth-order valence-corrected chi connectivity index (χ4v) is 4.24. The molecule has 0 fully saturated rings. The highest BCUT2D eigenvalue weighted by atomic mass is 32.1. The van der Waals surface area contributed by atoms with Crippen molar-refractivity contribution in [2.75, 3.05) is 7.11 Å². The van der Waals surface area contributed by atoms with Gasteiger partial charge in [-0.2, -0.15) is 0 Å². The Kier molecular flexibility index (Phi) is 3.55. The first-order chi connectivity index (χ1) is 9.26. The lowest BCUT2D eigenvalue weighted by Gasteiger charge is -2.10. The maximum Gasteiger partial charge on any atom is 0.119 e. The van der Waals surface area contributed by atoms with Gasteiger partial charge in [0.15, 0.2) is 0 Å². The van der Waals surface area contributed by atoms with Crippen LogP contribution in [0, 0.1) is 0 Å². The SMILES string of the molecule is COc1cccc(CC(N)c2cc3sccc3s2)c1. The van der Waals surface area contributed by atoms with Gasteiger partial charge in [0.25, 0.3) is 0 Å². The predicted molar refractivity (Wildman–Crippen MR) is 83.3 cm³/mol. The molecular formula is C15H15NOS2. The summed E-state index contributed by atoms with van der Waals surface area (Å²) in [6, 6.07) is 12.5. The number of fused-ring (bicyclic) bond motifs is 1. The number of methoxy groups -OCH3 is 1. The van der Waals surface area contributed by atoms with E-state index in [1.165, 1.54) is 19.8 Å². The molecule has 3 rings (SSSR count). The van der Waals surface area contributed by atoms with Crippen LogP contribution in [0.3, 0.4) is 0 Å². The lowest BCUT2D eigenvalue weighted by Crippen LogP contribution is -2.11. The van der Waals surface area contributed by atoms with Crippen LogP contribution in [-0.2, 0) is 6.42 Å².